The average molecular weight is 328 g/mol. The van der Waals surface area contributed by atoms with Crippen molar-refractivity contribution in [3.8, 4) is 5.95 Å². The molecule has 0 spiro atoms. The number of anilines is 1. The number of thiazole rings is 1. The molecule has 0 saturated carbocycles. The average Bonchev–Trinajstić information content (AvgIpc) is 3.04. The second-order valence-electron chi connectivity index (χ2n) is 5.16. The molecule has 1 amide bonds. The zero-order valence-corrected chi connectivity index (χ0v) is 14.1. The molecule has 7 nitrogen and oxygen atoms in total. The highest BCUT2D eigenvalue weighted by molar-refractivity contribution is 7.12. The number of carbonyl (C=O) groups excluding carboxylic acids is 1. The Balaban J connectivity index is 1.83. The lowest BCUT2D eigenvalue weighted by molar-refractivity contribution is 0.102. The molecular formula is C15H16N6OS. The van der Waals surface area contributed by atoms with Gasteiger partial charge in [-0.1, -0.05) is 0 Å². The van der Waals surface area contributed by atoms with Crippen molar-refractivity contribution < 1.29 is 4.79 Å². The van der Waals surface area contributed by atoms with Gasteiger partial charge in [-0.3, -0.25) is 9.36 Å². The third-order valence-electron chi connectivity index (χ3n) is 3.56. The summed E-state index contributed by atoms with van der Waals surface area (Å²) >= 11 is 1.31. The SMILES string of the molecule is Cc1ncsc1C(=O)Nc1cnc(-n2c(C)nc(C)c2C)nc1. The van der Waals surface area contributed by atoms with Crippen LogP contribution in [-0.4, -0.2) is 30.4 Å². The third kappa shape index (κ3) is 2.85. The number of aryl methyl sites for hydroxylation is 3. The summed E-state index contributed by atoms with van der Waals surface area (Å²) in [5, 5.41) is 2.78. The number of rotatable bonds is 3. The molecule has 0 unspecified atom stereocenters. The molecule has 1 N–H and O–H groups in total. The van der Waals surface area contributed by atoms with Crippen molar-refractivity contribution in [2.24, 2.45) is 0 Å². The summed E-state index contributed by atoms with van der Waals surface area (Å²) in [5.74, 6) is 1.16. The minimum atomic E-state index is -0.202. The molecule has 0 bridgehead atoms. The summed E-state index contributed by atoms with van der Waals surface area (Å²) in [4.78, 5) is 29.9. The molecule has 0 radical (unpaired) electrons. The highest BCUT2D eigenvalue weighted by atomic mass is 32.1. The van der Waals surface area contributed by atoms with Gasteiger partial charge in [0.1, 0.15) is 10.7 Å². The van der Waals surface area contributed by atoms with Gasteiger partial charge in [0.15, 0.2) is 0 Å². The maximum absolute atomic E-state index is 12.2. The Morgan fingerprint density at radius 1 is 1.09 bits per heavy atom. The van der Waals surface area contributed by atoms with Crippen LogP contribution < -0.4 is 5.32 Å². The van der Waals surface area contributed by atoms with Crippen LogP contribution in [0.4, 0.5) is 5.69 Å². The Bertz CT molecular complexity index is 865. The Morgan fingerprint density at radius 3 is 2.30 bits per heavy atom. The largest absolute Gasteiger partial charge is 0.319 e. The van der Waals surface area contributed by atoms with Crippen LogP contribution in [0.1, 0.15) is 32.6 Å². The van der Waals surface area contributed by atoms with E-state index in [9.17, 15) is 4.79 Å². The predicted octanol–water partition coefficient (Wildman–Crippen LogP) is 2.60. The van der Waals surface area contributed by atoms with Crippen LogP contribution in [0, 0.1) is 27.7 Å². The lowest BCUT2D eigenvalue weighted by Crippen LogP contribution is -2.13. The van der Waals surface area contributed by atoms with Crippen molar-refractivity contribution in [3.63, 3.8) is 0 Å². The minimum absolute atomic E-state index is 0.202. The van der Waals surface area contributed by atoms with Gasteiger partial charge >= 0.3 is 0 Å². The van der Waals surface area contributed by atoms with Crippen molar-refractivity contribution >= 4 is 22.9 Å². The Morgan fingerprint density at radius 2 is 1.78 bits per heavy atom. The van der Waals surface area contributed by atoms with Crippen LogP contribution in [0.25, 0.3) is 5.95 Å². The molecule has 0 fully saturated rings. The van der Waals surface area contributed by atoms with E-state index < -0.39 is 0 Å². The highest BCUT2D eigenvalue weighted by Gasteiger charge is 2.14. The topological polar surface area (TPSA) is 85.6 Å². The van der Waals surface area contributed by atoms with Gasteiger partial charge in [-0.05, 0) is 27.7 Å². The number of amides is 1. The fourth-order valence-corrected chi connectivity index (χ4v) is 2.98. The zero-order chi connectivity index (χ0) is 16.6. The molecule has 0 aliphatic rings. The standard InChI is InChI=1S/C15H16N6OS/c1-8-10(3)21(11(4)19-8)15-16-5-12(6-17-15)20-14(22)13-9(2)18-7-23-13/h5-7H,1-4H3,(H,20,22). The summed E-state index contributed by atoms with van der Waals surface area (Å²) < 4.78 is 1.88. The monoisotopic (exact) mass is 328 g/mol. The molecular weight excluding hydrogens is 312 g/mol. The fourth-order valence-electron chi connectivity index (χ4n) is 2.28. The summed E-state index contributed by atoms with van der Waals surface area (Å²) in [6.45, 7) is 7.63. The maximum atomic E-state index is 12.2. The number of aromatic nitrogens is 5. The second kappa shape index (κ2) is 5.88. The Labute approximate surface area is 137 Å². The van der Waals surface area contributed by atoms with Crippen molar-refractivity contribution in [3.05, 3.63) is 45.7 Å². The summed E-state index contributed by atoms with van der Waals surface area (Å²) in [6.07, 6.45) is 3.18. The molecule has 3 heterocycles. The van der Waals surface area contributed by atoms with Crippen LogP contribution in [-0.2, 0) is 0 Å². The summed E-state index contributed by atoms with van der Waals surface area (Å²) in [5.41, 5.74) is 4.85. The summed E-state index contributed by atoms with van der Waals surface area (Å²) in [6, 6.07) is 0. The number of hydrogen-bond acceptors (Lipinski definition) is 6. The fraction of sp³-hybridized carbons (Fsp3) is 0.267. The number of nitrogens with zero attached hydrogens (tertiary/aromatic N) is 5. The van der Waals surface area contributed by atoms with Crippen LogP contribution in [0.3, 0.4) is 0 Å². The van der Waals surface area contributed by atoms with Crippen LogP contribution in [0.2, 0.25) is 0 Å². The molecule has 0 atom stereocenters. The van der Waals surface area contributed by atoms with E-state index in [-0.39, 0.29) is 5.91 Å². The Kier molecular flexibility index (Phi) is 3.91. The molecule has 0 aromatic carbocycles. The van der Waals surface area contributed by atoms with Crippen LogP contribution in [0.15, 0.2) is 17.9 Å². The van der Waals surface area contributed by atoms with Crippen molar-refractivity contribution in [2.75, 3.05) is 5.32 Å². The normalized spacial score (nSPS) is 10.8. The highest BCUT2D eigenvalue weighted by Crippen LogP contribution is 2.17. The number of carbonyl (C=O) groups is 1. The second-order valence-corrected chi connectivity index (χ2v) is 6.01. The van der Waals surface area contributed by atoms with Crippen molar-refractivity contribution in [1.29, 1.82) is 0 Å². The van der Waals surface area contributed by atoms with Gasteiger partial charge < -0.3 is 5.32 Å². The maximum Gasteiger partial charge on any atom is 0.267 e. The first-order valence-electron chi connectivity index (χ1n) is 7.03. The molecule has 3 rings (SSSR count). The number of hydrogen-bond donors (Lipinski definition) is 1. The van der Waals surface area contributed by atoms with Crippen LogP contribution >= 0.6 is 11.3 Å². The van der Waals surface area contributed by atoms with Gasteiger partial charge in [-0.15, -0.1) is 11.3 Å². The van der Waals surface area contributed by atoms with E-state index in [1.807, 2.05) is 25.3 Å². The number of imidazole rings is 1. The van der Waals surface area contributed by atoms with Gasteiger partial charge in [0.25, 0.3) is 5.91 Å². The first-order valence-corrected chi connectivity index (χ1v) is 7.91. The summed E-state index contributed by atoms with van der Waals surface area (Å²) in [7, 11) is 0. The van der Waals surface area contributed by atoms with Crippen molar-refractivity contribution in [2.45, 2.75) is 27.7 Å². The van der Waals surface area contributed by atoms with E-state index >= 15 is 0 Å². The third-order valence-corrected chi connectivity index (χ3v) is 4.49. The first kappa shape index (κ1) is 15.3. The van der Waals surface area contributed by atoms with Crippen molar-refractivity contribution in [1.82, 2.24) is 24.5 Å². The quantitative estimate of drug-likeness (QED) is 0.799. The first-order chi connectivity index (χ1) is 11.0. The van der Waals surface area contributed by atoms with E-state index in [1.54, 1.807) is 24.8 Å². The van der Waals surface area contributed by atoms with E-state index in [0.29, 0.717) is 22.2 Å². The molecule has 0 saturated heterocycles. The van der Waals surface area contributed by atoms with Gasteiger partial charge in [0.2, 0.25) is 5.95 Å². The smallest absolute Gasteiger partial charge is 0.267 e. The lowest BCUT2D eigenvalue weighted by atomic mass is 10.3. The van der Waals surface area contributed by atoms with E-state index in [0.717, 1.165) is 17.2 Å². The predicted molar refractivity (Wildman–Crippen MR) is 88.2 cm³/mol. The molecule has 3 aromatic rings. The van der Waals surface area contributed by atoms with E-state index in [1.165, 1.54) is 11.3 Å². The number of nitrogens with one attached hydrogen (secondary N) is 1. The molecule has 0 aliphatic carbocycles. The molecule has 3 aromatic heterocycles. The lowest BCUT2D eigenvalue weighted by Gasteiger charge is -2.07. The molecule has 118 valence electrons. The van der Waals surface area contributed by atoms with Gasteiger partial charge in [0, 0.05) is 5.69 Å². The van der Waals surface area contributed by atoms with Gasteiger partial charge in [0.05, 0.1) is 35.0 Å². The van der Waals surface area contributed by atoms with Gasteiger partial charge in [-0.2, -0.15) is 0 Å². The van der Waals surface area contributed by atoms with Crippen LogP contribution in [0.5, 0.6) is 0 Å². The van der Waals surface area contributed by atoms with E-state index in [2.05, 4.69) is 25.3 Å². The molecule has 8 heteroatoms. The van der Waals surface area contributed by atoms with Gasteiger partial charge in [-0.25, -0.2) is 19.9 Å². The molecule has 23 heavy (non-hydrogen) atoms. The molecule has 0 aliphatic heterocycles. The zero-order valence-electron chi connectivity index (χ0n) is 13.3. The van der Waals surface area contributed by atoms with E-state index in [4.69, 9.17) is 0 Å². The Hall–Kier alpha value is -2.61. The minimum Gasteiger partial charge on any atom is -0.319 e.